The zero-order valence-electron chi connectivity index (χ0n) is 14.2. The van der Waals surface area contributed by atoms with Crippen molar-refractivity contribution in [3.05, 3.63) is 29.8 Å². The molecule has 1 aromatic rings. The van der Waals surface area contributed by atoms with Gasteiger partial charge in [-0.15, -0.1) is 0 Å². The van der Waals surface area contributed by atoms with Crippen molar-refractivity contribution in [2.45, 2.75) is 58.6 Å². The topological polar surface area (TPSA) is 41.6 Å². The Bertz CT molecular complexity index is 485. The number of amides is 1. The van der Waals surface area contributed by atoms with E-state index in [1.807, 2.05) is 27.7 Å². The van der Waals surface area contributed by atoms with Gasteiger partial charge in [0.2, 0.25) is 0 Å². The van der Waals surface area contributed by atoms with Gasteiger partial charge in [0.05, 0.1) is 6.04 Å². The maximum atomic E-state index is 11.8. The van der Waals surface area contributed by atoms with E-state index in [9.17, 15) is 4.79 Å². The highest BCUT2D eigenvalue weighted by Gasteiger charge is 2.18. The molecule has 0 bridgehead atoms. The maximum absolute atomic E-state index is 11.8. The first kappa shape index (κ1) is 16.7. The Kier molecular flexibility index (Phi) is 5.33. The van der Waals surface area contributed by atoms with E-state index in [1.54, 1.807) is 0 Å². The zero-order valence-corrected chi connectivity index (χ0v) is 14.2. The summed E-state index contributed by atoms with van der Waals surface area (Å²) in [4.78, 5) is 14.2. The second kappa shape index (κ2) is 7.03. The molecule has 4 heteroatoms. The molecule has 1 aromatic carbocycles. The smallest absolute Gasteiger partial charge is 0.408 e. The van der Waals surface area contributed by atoms with Crippen molar-refractivity contribution >= 4 is 11.8 Å². The van der Waals surface area contributed by atoms with Gasteiger partial charge in [-0.3, -0.25) is 0 Å². The SMILES string of the molecule is C[C@@H](NC(=O)OC(C)(C)C)c1ccc(N2CCCCC2)cc1. The summed E-state index contributed by atoms with van der Waals surface area (Å²) in [6.07, 6.45) is 3.52. The minimum absolute atomic E-state index is 0.0646. The van der Waals surface area contributed by atoms with Crippen LogP contribution in [0.4, 0.5) is 10.5 Å². The minimum atomic E-state index is -0.470. The lowest BCUT2D eigenvalue weighted by Crippen LogP contribution is -2.34. The molecule has 1 N–H and O–H groups in total. The van der Waals surface area contributed by atoms with Crippen LogP contribution in [0.3, 0.4) is 0 Å². The van der Waals surface area contributed by atoms with Crippen LogP contribution in [0.2, 0.25) is 0 Å². The summed E-state index contributed by atoms with van der Waals surface area (Å²) >= 11 is 0. The van der Waals surface area contributed by atoms with Crippen molar-refractivity contribution < 1.29 is 9.53 Å². The lowest BCUT2D eigenvalue weighted by atomic mass is 10.1. The molecule has 1 aliphatic rings. The molecule has 0 aliphatic carbocycles. The minimum Gasteiger partial charge on any atom is -0.444 e. The normalized spacial score (nSPS) is 17.0. The monoisotopic (exact) mass is 304 g/mol. The van der Waals surface area contributed by atoms with Gasteiger partial charge in [-0.1, -0.05) is 12.1 Å². The third kappa shape index (κ3) is 4.93. The number of carbonyl (C=O) groups excluding carboxylic acids is 1. The summed E-state index contributed by atoms with van der Waals surface area (Å²) in [5.41, 5.74) is 1.89. The third-order valence-corrected chi connectivity index (χ3v) is 3.85. The van der Waals surface area contributed by atoms with Crippen LogP contribution in [0.25, 0.3) is 0 Å². The quantitative estimate of drug-likeness (QED) is 0.907. The Labute approximate surface area is 133 Å². The van der Waals surface area contributed by atoms with E-state index < -0.39 is 5.60 Å². The molecule has 1 fully saturated rings. The van der Waals surface area contributed by atoms with E-state index in [-0.39, 0.29) is 12.1 Å². The highest BCUT2D eigenvalue weighted by Crippen LogP contribution is 2.22. The average molecular weight is 304 g/mol. The number of nitrogens with one attached hydrogen (secondary N) is 1. The maximum Gasteiger partial charge on any atom is 0.408 e. The van der Waals surface area contributed by atoms with E-state index in [0.29, 0.717) is 0 Å². The number of ether oxygens (including phenoxy) is 1. The fraction of sp³-hybridized carbons (Fsp3) is 0.611. The van der Waals surface area contributed by atoms with Gasteiger partial charge in [-0.25, -0.2) is 4.79 Å². The van der Waals surface area contributed by atoms with Crippen LogP contribution >= 0.6 is 0 Å². The summed E-state index contributed by atoms with van der Waals surface area (Å²) in [5, 5.41) is 2.88. The molecule has 1 saturated heterocycles. The second-order valence-electron chi connectivity index (χ2n) is 7.01. The standard InChI is InChI=1S/C18H28N2O2/c1-14(19-17(21)22-18(2,3)4)15-8-10-16(11-9-15)20-12-6-5-7-13-20/h8-11,14H,5-7,12-13H2,1-4H3,(H,19,21)/t14-/m1/s1. The highest BCUT2D eigenvalue weighted by molar-refractivity contribution is 5.68. The molecule has 0 radical (unpaired) electrons. The highest BCUT2D eigenvalue weighted by atomic mass is 16.6. The van der Waals surface area contributed by atoms with Crippen LogP contribution in [0.1, 0.15) is 58.6 Å². The Morgan fingerprint density at radius 2 is 1.73 bits per heavy atom. The van der Waals surface area contributed by atoms with E-state index in [1.165, 1.54) is 24.9 Å². The lowest BCUT2D eigenvalue weighted by Gasteiger charge is -2.29. The first-order valence-corrected chi connectivity index (χ1v) is 8.19. The van der Waals surface area contributed by atoms with Crippen molar-refractivity contribution in [3.8, 4) is 0 Å². The number of nitrogens with zero attached hydrogens (tertiary/aromatic N) is 1. The van der Waals surface area contributed by atoms with E-state index >= 15 is 0 Å². The van der Waals surface area contributed by atoms with Crippen LogP contribution in [0.5, 0.6) is 0 Å². The molecule has 1 atom stereocenters. The molecule has 2 rings (SSSR count). The number of benzene rings is 1. The number of alkyl carbamates (subject to hydrolysis) is 1. The largest absolute Gasteiger partial charge is 0.444 e. The average Bonchev–Trinajstić information content (AvgIpc) is 2.46. The van der Waals surface area contributed by atoms with Crippen LogP contribution in [0, 0.1) is 0 Å². The predicted molar refractivity (Wildman–Crippen MR) is 90.3 cm³/mol. The number of carbonyl (C=O) groups is 1. The fourth-order valence-corrected chi connectivity index (χ4v) is 2.69. The number of piperidine rings is 1. The van der Waals surface area contributed by atoms with Crippen molar-refractivity contribution in [2.75, 3.05) is 18.0 Å². The van der Waals surface area contributed by atoms with Crippen molar-refractivity contribution in [1.82, 2.24) is 5.32 Å². The Morgan fingerprint density at radius 3 is 2.27 bits per heavy atom. The van der Waals surface area contributed by atoms with Crippen molar-refractivity contribution in [1.29, 1.82) is 0 Å². The summed E-state index contributed by atoms with van der Waals surface area (Å²) in [6, 6.07) is 8.41. The van der Waals surface area contributed by atoms with Crippen LogP contribution < -0.4 is 10.2 Å². The van der Waals surface area contributed by atoms with E-state index in [2.05, 4.69) is 34.5 Å². The van der Waals surface area contributed by atoms with Gasteiger partial charge in [-0.05, 0) is 64.7 Å². The number of anilines is 1. The van der Waals surface area contributed by atoms with Gasteiger partial charge >= 0.3 is 6.09 Å². The molecular weight excluding hydrogens is 276 g/mol. The Hall–Kier alpha value is -1.71. The fourth-order valence-electron chi connectivity index (χ4n) is 2.69. The molecule has 1 heterocycles. The number of hydrogen-bond donors (Lipinski definition) is 1. The molecule has 0 aromatic heterocycles. The summed E-state index contributed by atoms with van der Waals surface area (Å²) in [7, 11) is 0. The summed E-state index contributed by atoms with van der Waals surface area (Å²) < 4.78 is 5.29. The van der Waals surface area contributed by atoms with Gasteiger partial charge in [0, 0.05) is 18.8 Å². The number of hydrogen-bond acceptors (Lipinski definition) is 3. The van der Waals surface area contributed by atoms with Crippen LogP contribution in [-0.2, 0) is 4.74 Å². The van der Waals surface area contributed by atoms with Crippen molar-refractivity contribution in [3.63, 3.8) is 0 Å². The van der Waals surface area contributed by atoms with Gasteiger partial charge in [0.15, 0.2) is 0 Å². The van der Waals surface area contributed by atoms with Gasteiger partial charge < -0.3 is 15.0 Å². The molecule has 122 valence electrons. The van der Waals surface area contributed by atoms with Crippen LogP contribution in [0.15, 0.2) is 24.3 Å². The molecule has 0 spiro atoms. The van der Waals surface area contributed by atoms with Gasteiger partial charge in [-0.2, -0.15) is 0 Å². The first-order valence-electron chi connectivity index (χ1n) is 8.19. The number of rotatable bonds is 3. The van der Waals surface area contributed by atoms with E-state index in [4.69, 9.17) is 4.74 Å². The third-order valence-electron chi connectivity index (χ3n) is 3.85. The van der Waals surface area contributed by atoms with Crippen molar-refractivity contribution in [2.24, 2.45) is 0 Å². The Balaban J connectivity index is 1.93. The molecule has 1 amide bonds. The summed E-state index contributed by atoms with van der Waals surface area (Å²) in [6.45, 7) is 9.86. The van der Waals surface area contributed by atoms with Gasteiger partial charge in [0.1, 0.15) is 5.60 Å². The summed E-state index contributed by atoms with van der Waals surface area (Å²) in [5.74, 6) is 0. The van der Waals surface area contributed by atoms with Gasteiger partial charge in [0.25, 0.3) is 0 Å². The molecule has 0 unspecified atom stereocenters. The molecule has 22 heavy (non-hydrogen) atoms. The molecule has 0 saturated carbocycles. The molecule has 4 nitrogen and oxygen atoms in total. The second-order valence-corrected chi connectivity index (χ2v) is 7.01. The first-order chi connectivity index (χ1) is 10.3. The molecule has 1 aliphatic heterocycles. The zero-order chi connectivity index (χ0) is 16.2. The predicted octanol–water partition coefficient (Wildman–Crippen LogP) is 4.26. The lowest BCUT2D eigenvalue weighted by molar-refractivity contribution is 0.0508. The Morgan fingerprint density at radius 1 is 1.14 bits per heavy atom. The molecular formula is C18H28N2O2. The van der Waals surface area contributed by atoms with Crippen LogP contribution in [-0.4, -0.2) is 24.8 Å². The van der Waals surface area contributed by atoms with E-state index in [0.717, 1.165) is 18.7 Å².